The molecule has 94 valence electrons. The lowest BCUT2D eigenvalue weighted by atomic mass is 10.1. The van der Waals surface area contributed by atoms with Crippen LogP contribution < -0.4 is 4.99 Å². The summed E-state index contributed by atoms with van der Waals surface area (Å²) in [6, 6.07) is 10.1. The number of rotatable bonds is 0. The Balaban J connectivity index is 0.000000209. The van der Waals surface area contributed by atoms with Gasteiger partial charge in [0.25, 0.3) is 0 Å². The second kappa shape index (κ2) is 4.61. The molecule has 2 aromatic carbocycles. The number of hydrogen-bond acceptors (Lipinski definition) is 0. The Labute approximate surface area is 105 Å². The molecule has 3 rings (SSSR count). The third-order valence-corrected chi connectivity index (χ3v) is 2.73. The Morgan fingerprint density at radius 3 is 2.33 bits per heavy atom. The minimum atomic E-state index is -6.00. The van der Waals surface area contributed by atoms with E-state index in [-0.39, 0.29) is 0 Å². The lowest BCUT2D eigenvalue weighted by molar-refractivity contribution is -0.342. The van der Waals surface area contributed by atoms with Gasteiger partial charge in [-0.05, 0) is 12.1 Å². The van der Waals surface area contributed by atoms with Crippen LogP contribution >= 0.6 is 11.6 Å². The van der Waals surface area contributed by atoms with Gasteiger partial charge in [0.1, 0.15) is 0 Å². The topological polar surface area (TPSA) is 14.0 Å². The molecular formula is C11H7BClF4N. The van der Waals surface area contributed by atoms with E-state index >= 15 is 0 Å². The highest BCUT2D eigenvalue weighted by atomic mass is 35.5. The zero-order valence-electron chi connectivity index (χ0n) is 8.93. The molecule has 1 aliphatic rings. The lowest BCUT2D eigenvalue weighted by Crippen LogP contribution is -2.59. The Hall–Kier alpha value is -1.56. The second-order valence-corrected chi connectivity index (χ2v) is 4.06. The van der Waals surface area contributed by atoms with E-state index in [0.717, 1.165) is 16.1 Å². The molecule has 0 atom stereocenters. The van der Waals surface area contributed by atoms with Gasteiger partial charge in [-0.2, -0.15) is 0 Å². The van der Waals surface area contributed by atoms with Crippen LogP contribution in [-0.2, 0) is 0 Å². The van der Waals surface area contributed by atoms with Crippen molar-refractivity contribution in [3.8, 4) is 0 Å². The van der Waals surface area contributed by atoms with Gasteiger partial charge in [0.2, 0.25) is 5.69 Å². The number of halogens is 5. The van der Waals surface area contributed by atoms with E-state index in [1.165, 1.54) is 10.9 Å². The van der Waals surface area contributed by atoms with Crippen LogP contribution in [-0.4, -0.2) is 13.5 Å². The molecule has 0 spiro atoms. The first-order chi connectivity index (χ1) is 8.36. The van der Waals surface area contributed by atoms with Crippen molar-refractivity contribution in [2.24, 2.45) is 0 Å². The van der Waals surface area contributed by atoms with Crippen LogP contribution in [0.15, 0.2) is 30.3 Å². The first-order valence-corrected chi connectivity index (χ1v) is 5.42. The summed E-state index contributed by atoms with van der Waals surface area (Å²) in [6.45, 7) is 0. The first kappa shape index (κ1) is 12.9. The summed E-state index contributed by atoms with van der Waals surface area (Å²) in [4.78, 5) is 3.22. The van der Waals surface area contributed by atoms with Crippen molar-refractivity contribution in [2.45, 2.75) is 0 Å². The number of benzene rings is 2. The molecule has 1 N–H and O–H groups in total. The average Bonchev–Trinajstić information content (AvgIpc) is 2.66. The standard InChI is InChI=1S/C11H6ClN.BF4/c12-9-4-5-10-11-7(6-13-10)2-1-3-8(9)11;2-1(3,4)5/h1-6H;/q;-1/p+1. The van der Waals surface area contributed by atoms with E-state index in [9.17, 15) is 17.3 Å². The van der Waals surface area contributed by atoms with Crippen molar-refractivity contribution in [2.75, 3.05) is 0 Å². The summed E-state index contributed by atoms with van der Waals surface area (Å²) < 4.78 is 39.0. The summed E-state index contributed by atoms with van der Waals surface area (Å²) in [6.07, 6.45) is 2.01. The summed E-state index contributed by atoms with van der Waals surface area (Å²) in [5, 5.41) is 3.17. The highest BCUT2D eigenvalue weighted by molar-refractivity contribution is 6.50. The van der Waals surface area contributed by atoms with Crippen LogP contribution in [0.2, 0.25) is 5.02 Å². The maximum atomic E-state index is 9.75. The molecule has 0 saturated carbocycles. The first-order valence-electron chi connectivity index (χ1n) is 5.04. The molecule has 18 heavy (non-hydrogen) atoms. The minimum absolute atomic E-state index is 0.817. The van der Waals surface area contributed by atoms with E-state index < -0.39 is 7.25 Å². The lowest BCUT2D eigenvalue weighted by Gasteiger charge is -1.98. The zero-order valence-corrected chi connectivity index (χ0v) is 9.69. The Kier molecular flexibility index (Phi) is 3.30. The van der Waals surface area contributed by atoms with Gasteiger partial charge in [0.15, 0.2) is 6.21 Å². The fourth-order valence-electron chi connectivity index (χ4n) is 1.80. The summed E-state index contributed by atoms with van der Waals surface area (Å²) in [5.41, 5.74) is 2.37. The molecule has 0 bridgehead atoms. The van der Waals surface area contributed by atoms with Crippen LogP contribution in [0.25, 0.3) is 10.8 Å². The molecule has 0 amide bonds. The SMILES string of the molecule is Clc1ccc2c3c(cccc13)C=[NH+]2.F[B-](F)(F)F. The molecule has 2 aromatic rings. The van der Waals surface area contributed by atoms with Crippen LogP contribution in [0.1, 0.15) is 5.56 Å². The third-order valence-electron chi connectivity index (χ3n) is 2.40. The van der Waals surface area contributed by atoms with Crippen molar-refractivity contribution in [1.82, 2.24) is 0 Å². The van der Waals surface area contributed by atoms with Gasteiger partial charge in [0.05, 0.1) is 10.9 Å². The fourth-order valence-corrected chi connectivity index (χ4v) is 2.02. The van der Waals surface area contributed by atoms with Crippen molar-refractivity contribution in [1.29, 1.82) is 0 Å². The maximum absolute atomic E-state index is 9.75. The average molecular weight is 275 g/mol. The van der Waals surface area contributed by atoms with Crippen LogP contribution in [0.4, 0.5) is 23.0 Å². The van der Waals surface area contributed by atoms with Crippen LogP contribution in [0, 0.1) is 0 Å². The molecule has 1 heterocycles. The van der Waals surface area contributed by atoms with Crippen LogP contribution in [0.5, 0.6) is 0 Å². The van der Waals surface area contributed by atoms with Gasteiger partial charge in [-0.25, -0.2) is 4.99 Å². The van der Waals surface area contributed by atoms with Gasteiger partial charge >= 0.3 is 7.25 Å². The molecule has 0 saturated heterocycles. The predicted octanol–water partition coefficient (Wildman–Crippen LogP) is 2.94. The van der Waals surface area contributed by atoms with Crippen molar-refractivity contribution < 1.29 is 22.3 Å². The molecule has 0 aliphatic carbocycles. The number of hydrogen-bond donors (Lipinski definition) is 1. The van der Waals surface area contributed by atoms with E-state index in [4.69, 9.17) is 11.6 Å². The minimum Gasteiger partial charge on any atom is -0.418 e. The van der Waals surface area contributed by atoms with Gasteiger partial charge in [0, 0.05) is 16.5 Å². The van der Waals surface area contributed by atoms with E-state index in [1.807, 2.05) is 30.5 Å². The Morgan fingerprint density at radius 2 is 1.67 bits per heavy atom. The third kappa shape index (κ3) is 2.82. The largest absolute Gasteiger partial charge is 0.673 e. The van der Waals surface area contributed by atoms with Crippen molar-refractivity contribution >= 4 is 41.5 Å². The second-order valence-electron chi connectivity index (χ2n) is 3.65. The highest BCUT2D eigenvalue weighted by Crippen LogP contribution is 2.30. The van der Waals surface area contributed by atoms with E-state index in [2.05, 4.69) is 11.1 Å². The summed E-state index contributed by atoms with van der Waals surface area (Å²) >= 11 is 6.09. The van der Waals surface area contributed by atoms with E-state index in [0.29, 0.717) is 0 Å². The molecule has 0 fully saturated rings. The van der Waals surface area contributed by atoms with Crippen molar-refractivity contribution in [3.63, 3.8) is 0 Å². The number of nitrogens with one attached hydrogen (secondary N) is 1. The van der Waals surface area contributed by atoms with Crippen molar-refractivity contribution in [3.05, 3.63) is 40.9 Å². The van der Waals surface area contributed by atoms with Gasteiger partial charge in [-0.3, -0.25) is 0 Å². The quantitative estimate of drug-likeness (QED) is 0.479. The predicted molar refractivity (Wildman–Crippen MR) is 64.9 cm³/mol. The normalized spacial score (nSPS) is 12.5. The van der Waals surface area contributed by atoms with Gasteiger partial charge in [-0.1, -0.05) is 23.7 Å². The highest BCUT2D eigenvalue weighted by Gasteiger charge is 2.20. The molecule has 0 radical (unpaired) electrons. The molecule has 0 unspecified atom stereocenters. The Bertz CT molecular complexity index is 606. The zero-order chi connectivity index (χ0) is 13.3. The molecule has 0 aromatic heterocycles. The smallest absolute Gasteiger partial charge is 0.418 e. The van der Waals surface area contributed by atoms with Crippen LogP contribution in [0.3, 0.4) is 0 Å². The molecule has 1 nitrogen and oxygen atoms in total. The molecular weight excluding hydrogens is 268 g/mol. The summed E-state index contributed by atoms with van der Waals surface area (Å²) in [7, 11) is -6.00. The van der Waals surface area contributed by atoms with Gasteiger partial charge in [-0.15, -0.1) is 0 Å². The molecule has 1 aliphatic heterocycles. The Morgan fingerprint density at radius 1 is 1.00 bits per heavy atom. The van der Waals surface area contributed by atoms with Gasteiger partial charge < -0.3 is 17.3 Å². The monoisotopic (exact) mass is 275 g/mol. The van der Waals surface area contributed by atoms with E-state index in [1.54, 1.807) is 0 Å². The summed E-state index contributed by atoms with van der Waals surface area (Å²) in [5.74, 6) is 0. The fraction of sp³-hybridized carbons (Fsp3) is 0. The molecule has 7 heteroatoms. The maximum Gasteiger partial charge on any atom is 0.673 e.